The molecule has 0 fully saturated rings. The van der Waals surface area contributed by atoms with E-state index in [1.54, 1.807) is 22.7 Å². The van der Waals surface area contributed by atoms with Gasteiger partial charge in [0, 0.05) is 52.7 Å². The molecule has 0 unspecified atom stereocenters. The Morgan fingerprint density at radius 3 is 1.22 bits per heavy atom. The van der Waals surface area contributed by atoms with Crippen molar-refractivity contribution in [2.24, 2.45) is 0 Å². The lowest BCUT2D eigenvalue weighted by Gasteiger charge is -2.02. The quantitative estimate of drug-likeness (QED) is 0.174. The fourth-order valence-corrected chi connectivity index (χ4v) is 6.04. The molecule has 2 aromatic heterocycles. The van der Waals surface area contributed by atoms with Gasteiger partial charge in [0.2, 0.25) is 11.0 Å². The minimum atomic E-state index is 0. The molecule has 0 aromatic carbocycles. The van der Waals surface area contributed by atoms with E-state index in [9.17, 15) is 0 Å². The third-order valence-corrected chi connectivity index (χ3v) is 8.33. The summed E-state index contributed by atoms with van der Waals surface area (Å²) >= 11 is 3.56. The van der Waals surface area contributed by atoms with Crippen molar-refractivity contribution in [2.75, 3.05) is 13.2 Å². The summed E-state index contributed by atoms with van der Waals surface area (Å²) in [5, 5.41) is 18.2. The van der Waals surface area contributed by atoms with Crippen LogP contribution in [0.1, 0.15) is 85.4 Å². The van der Waals surface area contributed by atoms with Crippen molar-refractivity contribution in [3.63, 3.8) is 0 Å². The summed E-state index contributed by atoms with van der Waals surface area (Å²) in [7, 11) is 0. The van der Waals surface area contributed by atoms with E-state index in [1.165, 1.54) is 85.4 Å². The Balaban J connectivity index is 0.00000480. The number of nitrogens with zero attached hydrogens (tertiary/aromatic N) is 2. The molecule has 2 rings (SSSR count). The van der Waals surface area contributed by atoms with Crippen LogP contribution in [0, 0.1) is 13.8 Å². The third-order valence-electron chi connectivity index (χ3n) is 6.04. The number of aryl methyl sites for hydroxylation is 2. The molecule has 0 saturated carbocycles. The van der Waals surface area contributed by atoms with E-state index in [0.29, 0.717) is 0 Å². The first-order valence-electron chi connectivity index (χ1n) is 11.8. The molecule has 8 heteroatoms. The van der Waals surface area contributed by atoms with Crippen LogP contribution >= 0.6 is 56.6 Å². The Kier molecular flexibility index (Phi) is 19.5. The van der Waals surface area contributed by atoms with Crippen LogP contribution < -0.4 is 9.13 Å². The molecule has 2 heterocycles. The van der Waals surface area contributed by atoms with Crippen molar-refractivity contribution < 1.29 is 19.3 Å². The second-order valence-corrected chi connectivity index (χ2v) is 10.2. The lowest BCUT2D eigenvalue weighted by molar-refractivity contribution is -0.698. The normalized spacial score (nSPS) is 10.8. The average molecular weight is 617 g/mol. The van der Waals surface area contributed by atoms with Crippen LogP contribution in [0.25, 0.3) is 0 Å². The number of hydrogen-bond acceptors (Lipinski definition) is 4. The number of rotatable bonds is 17. The number of unbranched alkanes of at least 4 members (excludes halogenated alkanes) is 9. The van der Waals surface area contributed by atoms with Crippen LogP contribution in [-0.2, 0) is 25.9 Å². The topological polar surface area (TPSA) is 48.2 Å². The van der Waals surface area contributed by atoms with Gasteiger partial charge < -0.3 is 10.2 Å². The highest BCUT2D eigenvalue weighted by Crippen LogP contribution is 2.14. The number of hydrogen-bond donors (Lipinski definition) is 2. The van der Waals surface area contributed by atoms with E-state index in [1.807, 2.05) is 0 Å². The molecule has 0 aliphatic carbocycles. The van der Waals surface area contributed by atoms with Crippen molar-refractivity contribution in [3.05, 3.63) is 32.2 Å². The van der Waals surface area contributed by atoms with Gasteiger partial charge in [-0.25, -0.2) is 0 Å². The predicted molar refractivity (Wildman–Crippen MR) is 147 cm³/mol. The van der Waals surface area contributed by atoms with E-state index >= 15 is 0 Å². The standard InChI is InChI=1S/C24H42N2O2S2.2BrH/c1-21-23(13-17-27)29-19-25(21)15-11-9-7-5-3-4-6-8-10-12-16-26-20-30-24(14-18-28)22(26)2;;/h19-20,27-28H,3-18H2,1-2H3;2*1H/q+2;;. The number of aliphatic hydroxyl groups is 2. The molecule has 32 heavy (non-hydrogen) atoms. The van der Waals surface area contributed by atoms with Crippen molar-refractivity contribution in [2.45, 2.75) is 104 Å². The summed E-state index contributed by atoms with van der Waals surface area (Å²) in [6.45, 7) is 7.10. The largest absolute Gasteiger partial charge is 0.396 e. The van der Waals surface area contributed by atoms with Crippen molar-refractivity contribution >= 4 is 56.6 Å². The highest BCUT2D eigenvalue weighted by atomic mass is 79.9. The molecule has 0 bridgehead atoms. The smallest absolute Gasteiger partial charge is 0.225 e. The molecule has 0 saturated heterocycles. The van der Waals surface area contributed by atoms with Crippen molar-refractivity contribution in [1.29, 1.82) is 0 Å². The molecular weight excluding hydrogens is 572 g/mol. The first-order valence-corrected chi connectivity index (χ1v) is 13.6. The molecular formula is C24H44Br2N2O2S2+2. The maximum Gasteiger partial charge on any atom is 0.225 e. The summed E-state index contributed by atoms with van der Waals surface area (Å²) < 4.78 is 4.72. The SMILES string of the molecule is Br.Br.Cc1c(CCO)sc[n+]1CCCCCCCCCCCC[n+]1csc(CCO)c1C. The molecule has 0 aliphatic heterocycles. The Morgan fingerprint density at radius 1 is 0.594 bits per heavy atom. The Morgan fingerprint density at radius 2 is 0.906 bits per heavy atom. The van der Waals surface area contributed by atoms with Gasteiger partial charge in [-0.1, -0.05) is 61.2 Å². The fourth-order valence-electron chi connectivity index (χ4n) is 4.01. The van der Waals surface area contributed by atoms with Gasteiger partial charge in [-0.3, -0.25) is 0 Å². The highest BCUT2D eigenvalue weighted by Gasteiger charge is 2.14. The minimum Gasteiger partial charge on any atom is -0.396 e. The zero-order valence-electron chi connectivity index (χ0n) is 19.9. The summed E-state index contributed by atoms with van der Waals surface area (Å²) in [6, 6.07) is 0. The highest BCUT2D eigenvalue weighted by molar-refractivity contribution is 8.93. The Bertz CT molecular complexity index is 663. The summed E-state index contributed by atoms with van der Waals surface area (Å²) in [4.78, 5) is 2.65. The molecule has 0 spiro atoms. The fraction of sp³-hybridized carbons (Fsp3) is 0.750. The maximum absolute atomic E-state index is 9.09. The van der Waals surface area contributed by atoms with Crippen LogP contribution in [-0.4, -0.2) is 23.4 Å². The predicted octanol–water partition coefficient (Wildman–Crippen LogP) is 5.83. The summed E-state index contributed by atoms with van der Waals surface area (Å²) in [6.07, 6.45) is 15.0. The van der Waals surface area contributed by atoms with Gasteiger partial charge in [0.05, 0.1) is 9.75 Å². The zero-order chi connectivity index (χ0) is 21.6. The molecule has 2 N–H and O–H groups in total. The Hall–Kier alpha value is 0.140. The first-order chi connectivity index (χ1) is 14.7. The lowest BCUT2D eigenvalue weighted by atomic mass is 10.1. The summed E-state index contributed by atoms with van der Waals surface area (Å²) in [5.74, 6) is 0. The summed E-state index contributed by atoms with van der Waals surface area (Å²) in [5.41, 5.74) is 7.11. The molecule has 0 radical (unpaired) electrons. The average Bonchev–Trinajstić information content (AvgIpc) is 3.26. The van der Waals surface area contributed by atoms with Gasteiger partial charge in [0.1, 0.15) is 13.1 Å². The van der Waals surface area contributed by atoms with E-state index in [-0.39, 0.29) is 47.2 Å². The molecule has 186 valence electrons. The van der Waals surface area contributed by atoms with Gasteiger partial charge in [0.15, 0.2) is 11.4 Å². The van der Waals surface area contributed by atoms with Crippen LogP contribution in [0.4, 0.5) is 0 Å². The van der Waals surface area contributed by atoms with E-state index in [0.717, 1.165) is 25.9 Å². The van der Waals surface area contributed by atoms with Crippen molar-refractivity contribution in [3.8, 4) is 0 Å². The van der Waals surface area contributed by atoms with Crippen LogP contribution in [0.15, 0.2) is 11.0 Å². The van der Waals surface area contributed by atoms with Gasteiger partial charge in [-0.2, -0.15) is 9.13 Å². The number of thiazole rings is 2. The number of aromatic nitrogens is 2. The second kappa shape index (κ2) is 19.4. The molecule has 0 amide bonds. The Labute approximate surface area is 224 Å². The van der Waals surface area contributed by atoms with E-state index in [4.69, 9.17) is 10.2 Å². The molecule has 2 aromatic rings. The maximum atomic E-state index is 9.09. The third kappa shape index (κ3) is 11.5. The number of aliphatic hydroxyl groups excluding tert-OH is 2. The van der Waals surface area contributed by atoms with Gasteiger partial charge >= 0.3 is 0 Å². The van der Waals surface area contributed by atoms with Crippen molar-refractivity contribution in [1.82, 2.24) is 0 Å². The minimum absolute atomic E-state index is 0. The molecule has 0 atom stereocenters. The van der Waals surface area contributed by atoms with Gasteiger partial charge in [-0.05, 0) is 12.8 Å². The first kappa shape index (κ1) is 32.1. The number of halogens is 2. The monoisotopic (exact) mass is 614 g/mol. The molecule has 4 nitrogen and oxygen atoms in total. The zero-order valence-corrected chi connectivity index (χ0v) is 24.9. The van der Waals surface area contributed by atoms with Gasteiger partial charge in [0.25, 0.3) is 0 Å². The lowest BCUT2D eigenvalue weighted by Crippen LogP contribution is -2.34. The second-order valence-electron chi connectivity index (χ2n) is 8.33. The van der Waals surface area contributed by atoms with Gasteiger partial charge in [-0.15, -0.1) is 34.0 Å². The van der Waals surface area contributed by atoms with Crippen LogP contribution in [0.3, 0.4) is 0 Å². The molecule has 0 aliphatic rings. The van der Waals surface area contributed by atoms with Crippen LogP contribution in [0.5, 0.6) is 0 Å². The van der Waals surface area contributed by atoms with E-state index in [2.05, 4.69) is 34.0 Å². The van der Waals surface area contributed by atoms with E-state index < -0.39 is 0 Å². The van der Waals surface area contributed by atoms with Crippen LogP contribution in [0.2, 0.25) is 0 Å².